The van der Waals surface area contributed by atoms with Crippen molar-refractivity contribution < 1.29 is 14.0 Å². The van der Waals surface area contributed by atoms with Gasteiger partial charge in [0.2, 0.25) is 5.91 Å². The Hall–Kier alpha value is -3.71. The molecule has 3 aromatic rings. The lowest BCUT2D eigenvalue weighted by atomic mass is 10.0. The van der Waals surface area contributed by atoms with Crippen molar-refractivity contribution in [3.05, 3.63) is 89.7 Å². The highest BCUT2D eigenvalue weighted by Crippen LogP contribution is 2.23. The second-order valence-electron chi connectivity index (χ2n) is 8.49. The average Bonchev–Trinajstić information content (AvgIpc) is 2.88. The summed E-state index contributed by atoms with van der Waals surface area (Å²) in [6.07, 6.45) is 0. The molecule has 1 aliphatic heterocycles. The van der Waals surface area contributed by atoms with E-state index in [-0.39, 0.29) is 24.2 Å². The van der Waals surface area contributed by atoms with E-state index in [1.54, 1.807) is 18.0 Å². The van der Waals surface area contributed by atoms with E-state index in [1.807, 2.05) is 59.5 Å². The average molecular weight is 461 g/mol. The lowest BCUT2D eigenvalue weighted by molar-refractivity contribution is -0.128. The van der Waals surface area contributed by atoms with Crippen LogP contribution in [-0.4, -0.2) is 61.4 Å². The predicted molar refractivity (Wildman–Crippen MR) is 132 cm³/mol. The molecular formula is C27H29FN4O2. The van der Waals surface area contributed by atoms with Gasteiger partial charge in [-0.3, -0.25) is 9.59 Å². The zero-order valence-electron chi connectivity index (χ0n) is 19.3. The maximum Gasteiger partial charge on any atom is 0.253 e. The van der Waals surface area contributed by atoms with Crippen molar-refractivity contribution in [1.29, 1.82) is 0 Å². The first-order chi connectivity index (χ1) is 16.4. The molecule has 1 saturated heterocycles. The molecule has 176 valence electrons. The van der Waals surface area contributed by atoms with Crippen molar-refractivity contribution in [1.82, 2.24) is 9.80 Å². The number of amides is 2. The van der Waals surface area contributed by atoms with Crippen molar-refractivity contribution >= 4 is 17.5 Å². The Morgan fingerprint density at radius 3 is 2.29 bits per heavy atom. The topological polar surface area (TPSA) is 69.9 Å². The Morgan fingerprint density at radius 1 is 0.912 bits per heavy atom. The van der Waals surface area contributed by atoms with Crippen LogP contribution < -0.4 is 10.6 Å². The Labute approximate surface area is 199 Å². The van der Waals surface area contributed by atoms with Crippen LogP contribution in [0.2, 0.25) is 0 Å². The van der Waals surface area contributed by atoms with Crippen LogP contribution in [0, 0.1) is 5.82 Å². The largest absolute Gasteiger partial charge is 0.368 e. The second-order valence-corrected chi connectivity index (χ2v) is 8.49. The van der Waals surface area contributed by atoms with Crippen LogP contribution in [0.25, 0.3) is 11.1 Å². The zero-order chi connectivity index (χ0) is 24.1. The molecule has 0 radical (unpaired) electrons. The molecule has 0 unspecified atom stereocenters. The van der Waals surface area contributed by atoms with Gasteiger partial charge in [0, 0.05) is 51.0 Å². The maximum atomic E-state index is 13.5. The van der Waals surface area contributed by atoms with Gasteiger partial charge in [-0.1, -0.05) is 36.4 Å². The van der Waals surface area contributed by atoms with E-state index in [9.17, 15) is 14.0 Å². The van der Waals surface area contributed by atoms with Gasteiger partial charge in [-0.2, -0.15) is 0 Å². The summed E-state index contributed by atoms with van der Waals surface area (Å²) in [6, 6.07) is 22.2. The van der Waals surface area contributed by atoms with Crippen LogP contribution in [0.5, 0.6) is 0 Å². The molecule has 34 heavy (non-hydrogen) atoms. The van der Waals surface area contributed by atoms with E-state index >= 15 is 0 Å². The molecule has 0 bridgehead atoms. The van der Waals surface area contributed by atoms with Crippen molar-refractivity contribution in [3.8, 4) is 11.1 Å². The monoisotopic (exact) mass is 460 g/mol. The van der Waals surface area contributed by atoms with Crippen LogP contribution in [-0.2, 0) is 11.3 Å². The first-order valence-electron chi connectivity index (χ1n) is 11.4. The van der Waals surface area contributed by atoms with Crippen molar-refractivity contribution in [2.45, 2.75) is 6.54 Å². The molecule has 6 nitrogen and oxygen atoms in total. The Kier molecular flexibility index (Phi) is 7.23. The molecule has 1 heterocycles. The number of hydrogen-bond donors (Lipinski definition) is 1. The van der Waals surface area contributed by atoms with Gasteiger partial charge in [0.05, 0.1) is 6.54 Å². The zero-order valence-corrected chi connectivity index (χ0v) is 19.3. The molecule has 0 saturated carbocycles. The summed E-state index contributed by atoms with van der Waals surface area (Å²) in [6.45, 7) is 3.00. The standard InChI is InChI=1S/C27H29FN4O2/c1-30(26(33)18-29)19-20-4-2-5-23(16-20)21-8-10-22(11-9-21)27(34)32-14-12-31(13-15-32)25-7-3-6-24(28)17-25/h2-11,16-17H,12-15,18-19,29H2,1H3. The van der Waals surface area contributed by atoms with E-state index in [2.05, 4.69) is 4.90 Å². The third-order valence-electron chi connectivity index (χ3n) is 6.15. The Balaban J connectivity index is 1.39. The lowest BCUT2D eigenvalue weighted by Gasteiger charge is -2.36. The highest BCUT2D eigenvalue weighted by atomic mass is 19.1. The molecule has 0 aromatic heterocycles. The number of piperazine rings is 1. The molecule has 3 aromatic carbocycles. The van der Waals surface area contributed by atoms with Gasteiger partial charge in [0.15, 0.2) is 0 Å². The number of carbonyl (C=O) groups excluding carboxylic acids is 2. The number of hydrogen-bond acceptors (Lipinski definition) is 4. The van der Waals surface area contributed by atoms with Gasteiger partial charge < -0.3 is 20.4 Å². The summed E-state index contributed by atoms with van der Waals surface area (Å²) < 4.78 is 13.5. The van der Waals surface area contributed by atoms with E-state index < -0.39 is 0 Å². The molecular weight excluding hydrogens is 431 g/mol. The summed E-state index contributed by atoms with van der Waals surface area (Å²) in [5, 5.41) is 0. The van der Waals surface area contributed by atoms with E-state index in [4.69, 9.17) is 5.73 Å². The number of nitrogens with zero attached hydrogens (tertiary/aromatic N) is 3. The normalized spacial score (nSPS) is 13.6. The van der Waals surface area contributed by atoms with Gasteiger partial charge in [-0.15, -0.1) is 0 Å². The van der Waals surface area contributed by atoms with Crippen molar-refractivity contribution in [2.24, 2.45) is 5.73 Å². The SMILES string of the molecule is CN(Cc1cccc(-c2ccc(C(=O)N3CCN(c4cccc(F)c4)CC3)cc2)c1)C(=O)CN. The van der Waals surface area contributed by atoms with Gasteiger partial charge >= 0.3 is 0 Å². The first-order valence-corrected chi connectivity index (χ1v) is 11.4. The molecule has 0 aliphatic carbocycles. The summed E-state index contributed by atoms with van der Waals surface area (Å²) in [5.41, 5.74) is 9.97. The summed E-state index contributed by atoms with van der Waals surface area (Å²) >= 11 is 0. The van der Waals surface area contributed by atoms with Crippen molar-refractivity contribution in [3.63, 3.8) is 0 Å². The van der Waals surface area contributed by atoms with Crippen LogP contribution in [0.15, 0.2) is 72.8 Å². The molecule has 0 atom stereocenters. The Bertz CT molecular complexity index is 1160. The number of carbonyl (C=O) groups is 2. The smallest absolute Gasteiger partial charge is 0.253 e. The number of rotatable bonds is 6. The minimum atomic E-state index is -0.252. The third kappa shape index (κ3) is 5.43. The fourth-order valence-corrected chi connectivity index (χ4v) is 4.20. The van der Waals surface area contributed by atoms with Crippen LogP contribution in [0.1, 0.15) is 15.9 Å². The minimum Gasteiger partial charge on any atom is -0.368 e. The van der Waals surface area contributed by atoms with Crippen LogP contribution in [0.4, 0.5) is 10.1 Å². The van der Waals surface area contributed by atoms with E-state index in [1.165, 1.54) is 12.1 Å². The fourth-order valence-electron chi connectivity index (χ4n) is 4.20. The van der Waals surface area contributed by atoms with Crippen molar-refractivity contribution in [2.75, 3.05) is 44.7 Å². The highest BCUT2D eigenvalue weighted by molar-refractivity contribution is 5.95. The quantitative estimate of drug-likeness (QED) is 0.612. The number of halogens is 1. The number of benzene rings is 3. The number of nitrogens with two attached hydrogens (primary N) is 1. The minimum absolute atomic E-state index is 0.00103. The predicted octanol–water partition coefficient (Wildman–Crippen LogP) is 3.37. The summed E-state index contributed by atoms with van der Waals surface area (Å²) in [5.74, 6) is -0.358. The van der Waals surface area contributed by atoms with Crippen LogP contribution in [0.3, 0.4) is 0 Å². The molecule has 0 spiro atoms. The lowest BCUT2D eigenvalue weighted by Crippen LogP contribution is -2.48. The molecule has 1 fully saturated rings. The fraction of sp³-hybridized carbons (Fsp3) is 0.259. The molecule has 4 rings (SSSR count). The maximum absolute atomic E-state index is 13.5. The summed E-state index contributed by atoms with van der Waals surface area (Å²) in [4.78, 5) is 30.3. The molecule has 7 heteroatoms. The highest BCUT2D eigenvalue weighted by Gasteiger charge is 2.22. The molecule has 2 N–H and O–H groups in total. The number of likely N-dealkylation sites (N-methyl/N-ethyl adjacent to an activating group) is 1. The van der Waals surface area contributed by atoms with Gasteiger partial charge in [0.1, 0.15) is 5.82 Å². The second kappa shape index (κ2) is 10.5. The van der Waals surface area contributed by atoms with Gasteiger partial charge in [0.25, 0.3) is 5.91 Å². The van der Waals surface area contributed by atoms with Gasteiger partial charge in [-0.25, -0.2) is 4.39 Å². The Morgan fingerprint density at radius 2 is 1.62 bits per heavy atom. The van der Waals surface area contributed by atoms with E-state index in [0.717, 1.165) is 22.4 Å². The third-order valence-corrected chi connectivity index (χ3v) is 6.15. The molecule has 2 amide bonds. The van der Waals surface area contributed by atoms with Gasteiger partial charge in [-0.05, 0) is 53.1 Å². The first kappa shape index (κ1) is 23.4. The summed E-state index contributed by atoms with van der Waals surface area (Å²) in [7, 11) is 1.74. The van der Waals surface area contributed by atoms with Crippen LogP contribution >= 0.6 is 0 Å². The van der Waals surface area contributed by atoms with E-state index in [0.29, 0.717) is 38.3 Å². The molecule has 1 aliphatic rings. The number of anilines is 1.